The normalized spacial score (nSPS) is 17.5. The van der Waals surface area contributed by atoms with E-state index in [0.717, 1.165) is 5.56 Å². The highest BCUT2D eigenvalue weighted by Gasteiger charge is 2.41. The van der Waals surface area contributed by atoms with Gasteiger partial charge in [-0.15, -0.1) is 0 Å². The molecule has 45 heavy (non-hydrogen) atoms. The molecule has 13 heteroatoms. The first-order chi connectivity index (χ1) is 21.7. The molecule has 1 amide bonds. The highest BCUT2D eigenvalue weighted by atomic mass is 19.1. The molecule has 12 nitrogen and oxygen atoms in total. The maximum atomic E-state index is 13.6. The molecule has 5 aromatic rings. The van der Waals surface area contributed by atoms with Crippen molar-refractivity contribution in [2.45, 2.75) is 19.8 Å². The number of rotatable bonds is 8. The van der Waals surface area contributed by atoms with Gasteiger partial charge in [0.15, 0.2) is 5.82 Å². The van der Waals surface area contributed by atoms with Crippen LogP contribution in [-0.4, -0.2) is 55.1 Å². The van der Waals surface area contributed by atoms with Gasteiger partial charge in [-0.3, -0.25) is 14.6 Å². The van der Waals surface area contributed by atoms with Crippen LogP contribution < -0.4 is 11.1 Å². The predicted molar refractivity (Wildman–Crippen MR) is 162 cm³/mol. The molecule has 1 aliphatic rings. The fraction of sp³-hybridized carbons (Fsp3) is 0.188. The molecule has 1 fully saturated rings. The van der Waals surface area contributed by atoms with Crippen LogP contribution in [0.15, 0.2) is 91.4 Å². The van der Waals surface area contributed by atoms with Crippen molar-refractivity contribution in [2.75, 3.05) is 18.5 Å². The number of amides is 1. The number of aliphatic carboxylic acids is 1. The Morgan fingerprint density at radius 2 is 1.76 bits per heavy atom. The molecule has 0 spiro atoms. The summed E-state index contributed by atoms with van der Waals surface area (Å²) in [6.45, 7) is 1.97. The number of nitrogens with one attached hydrogen (secondary N) is 2. The van der Waals surface area contributed by atoms with E-state index in [1.54, 1.807) is 68.0 Å². The minimum absolute atomic E-state index is 0.0369. The standard InChI is InChI=1S/C25H23FN6O4.C7H7NO/c1-25(23(33)34)13-35-22(36-14-25)21-31-19(16-4-6-17(26)7-5-16)20(32-21)18-8-10-28-24(30-18)29-12-15-3-2-9-27-11-15;8-7(9)6-4-2-1-3-5-6/h2-11,22H,12-14H2,1H3,(H,31,32)(H,33,34)(H,28,29,30);1-5H,(H2,8,9). The van der Waals surface area contributed by atoms with E-state index in [4.69, 9.17) is 15.2 Å². The number of ether oxygens (including phenoxy) is 2. The Morgan fingerprint density at radius 3 is 2.38 bits per heavy atom. The van der Waals surface area contributed by atoms with E-state index < -0.39 is 17.7 Å². The highest BCUT2D eigenvalue weighted by Crippen LogP contribution is 2.35. The van der Waals surface area contributed by atoms with Crippen molar-refractivity contribution in [2.24, 2.45) is 11.1 Å². The maximum Gasteiger partial charge on any atom is 0.314 e. The number of nitrogens with zero attached hydrogens (tertiary/aromatic N) is 4. The average molecular weight is 612 g/mol. The van der Waals surface area contributed by atoms with E-state index in [-0.39, 0.29) is 24.9 Å². The molecule has 1 saturated heterocycles. The summed E-state index contributed by atoms with van der Waals surface area (Å²) in [5.74, 6) is -0.997. The maximum absolute atomic E-state index is 13.6. The first kappa shape index (κ1) is 30.9. The van der Waals surface area contributed by atoms with Gasteiger partial charge < -0.3 is 30.6 Å². The molecule has 3 aromatic heterocycles. The number of carboxylic acid groups (broad SMARTS) is 1. The Labute approximate surface area is 257 Å². The van der Waals surface area contributed by atoms with E-state index in [2.05, 4.69) is 30.2 Å². The van der Waals surface area contributed by atoms with Crippen LogP contribution in [-0.2, 0) is 20.8 Å². The van der Waals surface area contributed by atoms with E-state index >= 15 is 0 Å². The lowest BCUT2D eigenvalue weighted by Gasteiger charge is -2.33. The molecular formula is C32H30FN7O5. The lowest BCUT2D eigenvalue weighted by Crippen LogP contribution is -2.42. The fourth-order valence-corrected chi connectivity index (χ4v) is 4.26. The lowest BCUT2D eigenvalue weighted by atomic mass is 9.92. The summed E-state index contributed by atoms with van der Waals surface area (Å²) in [7, 11) is 0. The molecule has 1 aliphatic heterocycles. The molecule has 0 bridgehead atoms. The number of pyridine rings is 1. The number of aromatic amines is 1. The summed E-state index contributed by atoms with van der Waals surface area (Å²) in [4.78, 5) is 42.8. The molecular weight excluding hydrogens is 581 g/mol. The molecule has 5 N–H and O–H groups in total. The highest BCUT2D eigenvalue weighted by molar-refractivity contribution is 5.92. The van der Waals surface area contributed by atoms with E-state index in [9.17, 15) is 19.1 Å². The molecule has 6 rings (SSSR count). The molecule has 0 saturated carbocycles. The Kier molecular flexibility index (Phi) is 9.51. The van der Waals surface area contributed by atoms with Crippen molar-refractivity contribution >= 4 is 17.8 Å². The zero-order valence-corrected chi connectivity index (χ0v) is 24.2. The van der Waals surface area contributed by atoms with Gasteiger partial charge in [-0.1, -0.05) is 24.3 Å². The van der Waals surface area contributed by atoms with Crippen molar-refractivity contribution in [3.8, 4) is 22.6 Å². The largest absolute Gasteiger partial charge is 0.481 e. The quantitative estimate of drug-likeness (QED) is 0.194. The number of carbonyl (C=O) groups excluding carboxylic acids is 1. The number of carboxylic acids is 1. The van der Waals surface area contributed by atoms with Gasteiger partial charge in [-0.05, 0) is 61.0 Å². The molecule has 230 valence electrons. The van der Waals surface area contributed by atoms with Crippen molar-refractivity contribution in [3.63, 3.8) is 0 Å². The van der Waals surface area contributed by atoms with Gasteiger partial charge in [-0.2, -0.15) is 0 Å². The number of carbonyl (C=O) groups is 2. The summed E-state index contributed by atoms with van der Waals surface area (Å²) in [6.07, 6.45) is 4.18. The van der Waals surface area contributed by atoms with Gasteiger partial charge in [0.1, 0.15) is 11.2 Å². The van der Waals surface area contributed by atoms with Crippen molar-refractivity contribution in [1.82, 2.24) is 24.9 Å². The van der Waals surface area contributed by atoms with Gasteiger partial charge in [0.2, 0.25) is 18.1 Å². The third-order valence-electron chi connectivity index (χ3n) is 6.83. The second-order valence-corrected chi connectivity index (χ2v) is 10.4. The topological polar surface area (TPSA) is 178 Å². The molecule has 4 heterocycles. The van der Waals surface area contributed by atoms with Crippen LogP contribution in [0.5, 0.6) is 0 Å². The van der Waals surface area contributed by atoms with Crippen molar-refractivity contribution in [1.29, 1.82) is 0 Å². The van der Waals surface area contributed by atoms with Crippen molar-refractivity contribution < 1.29 is 28.6 Å². The van der Waals surface area contributed by atoms with Crippen LogP contribution in [0, 0.1) is 11.2 Å². The molecule has 2 aromatic carbocycles. The first-order valence-corrected chi connectivity index (χ1v) is 13.9. The molecule has 0 radical (unpaired) electrons. The van der Waals surface area contributed by atoms with E-state index in [0.29, 0.717) is 46.5 Å². The number of hydrogen-bond donors (Lipinski definition) is 4. The second-order valence-electron chi connectivity index (χ2n) is 10.4. The Bertz CT molecular complexity index is 1740. The lowest BCUT2D eigenvalue weighted by molar-refractivity contribution is -0.236. The summed E-state index contributed by atoms with van der Waals surface area (Å²) < 4.78 is 25.0. The van der Waals surface area contributed by atoms with Crippen LogP contribution in [0.3, 0.4) is 0 Å². The average Bonchev–Trinajstić information content (AvgIpc) is 3.51. The minimum atomic E-state index is -1.15. The number of aromatic nitrogens is 5. The number of imidazole rings is 1. The Morgan fingerprint density at radius 1 is 1.02 bits per heavy atom. The van der Waals surface area contributed by atoms with Gasteiger partial charge >= 0.3 is 5.97 Å². The van der Waals surface area contributed by atoms with Crippen LogP contribution in [0.1, 0.15) is 35.0 Å². The minimum Gasteiger partial charge on any atom is -0.481 e. The van der Waals surface area contributed by atoms with Crippen LogP contribution in [0.25, 0.3) is 22.6 Å². The number of nitrogens with two attached hydrogens (primary N) is 1. The number of benzene rings is 2. The monoisotopic (exact) mass is 611 g/mol. The SMILES string of the molecule is CC1(C(=O)O)COC(c2nc(-c3ccc(F)cc3)c(-c3ccnc(NCc4cccnc4)n3)[nH]2)OC1.NC(=O)c1ccccc1. The molecule has 0 unspecified atom stereocenters. The number of primary amides is 1. The van der Waals surface area contributed by atoms with Gasteiger partial charge in [0.25, 0.3) is 0 Å². The van der Waals surface area contributed by atoms with Crippen LogP contribution in [0.2, 0.25) is 0 Å². The fourth-order valence-electron chi connectivity index (χ4n) is 4.26. The predicted octanol–water partition coefficient (Wildman–Crippen LogP) is 4.60. The smallest absolute Gasteiger partial charge is 0.314 e. The van der Waals surface area contributed by atoms with E-state index in [1.807, 2.05) is 18.2 Å². The van der Waals surface area contributed by atoms with Crippen LogP contribution in [0.4, 0.5) is 10.3 Å². The number of anilines is 1. The van der Waals surface area contributed by atoms with Gasteiger partial charge in [0.05, 0.1) is 30.3 Å². The third kappa shape index (κ3) is 7.71. The molecule has 0 aliphatic carbocycles. The number of hydrogen-bond acceptors (Lipinski definition) is 9. The summed E-state index contributed by atoms with van der Waals surface area (Å²) in [5.41, 5.74) is 7.63. The first-order valence-electron chi connectivity index (χ1n) is 13.9. The Hall–Kier alpha value is -5.53. The summed E-state index contributed by atoms with van der Waals surface area (Å²) in [6, 6.07) is 20.2. The van der Waals surface area contributed by atoms with Crippen molar-refractivity contribution in [3.05, 3.63) is 114 Å². The summed E-state index contributed by atoms with van der Waals surface area (Å²) in [5, 5.41) is 12.6. The van der Waals surface area contributed by atoms with Gasteiger partial charge in [0, 0.05) is 36.3 Å². The third-order valence-corrected chi connectivity index (χ3v) is 6.83. The zero-order valence-electron chi connectivity index (χ0n) is 24.2. The number of halogens is 1. The number of H-pyrrole nitrogens is 1. The van der Waals surface area contributed by atoms with E-state index in [1.165, 1.54) is 12.1 Å². The van der Waals surface area contributed by atoms with Crippen LogP contribution >= 0.6 is 0 Å². The van der Waals surface area contributed by atoms with Gasteiger partial charge in [-0.25, -0.2) is 19.3 Å². The summed E-state index contributed by atoms with van der Waals surface area (Å²) >= 11 is 0. The molecule has 0 atom stereocenters. The Balaban J connectivity index is 0.000000383. The second kappa shape index (κ2) is 13.8. The zero-order chi connectivity index (χ0) is 31.8.